The molecule has 168 valence electrons. The Hall–Kier alpha value is -2.18. The van der Waals surface area contributed by atoms with Crippen molar-refractivity contribution in [3.63, 3.8) is 0 Å². The lowest BCUT2D eigenvalue weighted by Crippen LogP contribution is -2.47. The van der Waals surface area contributed by atoms with Crippen LogP contribution in [-0.4, -0.2) is 42.2 Å². The first-order valence-corrected chi connectivity index (χ1v) is 11.9. The number of rotatable bonds is 12. The van der Waals surface area contributed by atoms with Crippen molar-refractivity contribution in [2.45, 2.75) is 50.6 Å². The molecule has 0 bridgehead atoms. The first kappa shape index (κ1) is 25.1. The molecule has 0 spiro atoms. The van der Waals surface area contributed by atoms with Gasteiger partial charge in [0.2, 0.25) is 11.8 Å². The van der Waals surface area contributed by atoms with Gasteiger partial charge in [-0.3, -0.25) is 9.59 Å². The molecule has 2 aromatic rings. The predicted octanol–water partition coefficient (Wildman–Crippen LogP) is 5.16. The fourth-order valence-electron chi connectivity index (χ4n) is 2.99. The van der Waals surface area contributed by atoms with Crippen LogP contribution in [0.3, 0.4) is 0 Å². The van der Waals surface area contributed by atoms with E-state index in [4.69, 9.17) is 16.3 Å². The van der Waals surface area contributed by atoms with Crippen molar-refractivity contribution >= 4 is 35.2 Å². The minimum absolute atomic E-state index is 0.0216. The average Bonchev–Trinajstić information content (AvgIpc) is 2.79. The van der Waals surface area contributed by atoms with Crippen molar-refractivity contribution in [1.29, 1.82) is 0 Å². The molecule has 1 N–H and O–H groups in total. The monoisotopic (exact) mass is 462 g/mol. The van der Waals surface area contributed by atoms with Crippen LogP contribution in [0.25, 0.3) is 0 Å². The van der Waals surface area contributed by atoms with Gasteiger partial charge >= 0.3 is 0 Å². The molecule has 0 unspecified atom stereocenters. The van der Waals surface area contributed by atoms with Gasteiger partial charge in [0, 0.05) is 29.4 Å². The van der Waals surface area contributed by atoms with Gasteiger partial charge in [0.25, 0.3) is 0 Å². The number of nitrogens with one attached hydrogen (secondary N) is 1. The third kappa shape index (κ3) is 8.46. The first-order chi connectivity index (χ1) is 14.9. The maximum absolute atomic E-state index is 13.0. The van der Waals surface area contributed by atoms with E-state index in [9.17, 15) is 9.59 Å². The second-order valence-electron chi connectivity index (χ2n) is 7.24. The number of methoxy groups -OCH3 is 1. The highest BCUT2D eigenvalue weighted by Crippen LogP contribution is 2.22. The lowest BCUT2D eigenvalue weighted by atomic mass is 10.1. The number of carbonyl (C=O) groups is 2. The Bertz CT molecular complexity index is 828. The molecule has 0 radical (unpaired) electrons. The van der Waals surface area contributed by atoms with Crippen LogP contribution in [0.2, 0.25) is 5.02 Å². The number of carbonyl (C=O) groups excluding carboxylic acids is 2. The van der Waals surface area contributed by atoms with E-state index in [2.05, 4.69) is 5.32 Å². The number of halogens is 1. The highest BCUT2D eigenvalue weighted by atomic mass is 35.5. The summed E-state index contributed by atoms with van der Waals surface area (Å²) < 4.78 is 5.21. The van der Waals surface area contributed by atoms with E-state index in [1.807, 2.05) is 55.5 Å². The summed E-state index contributed by atoms with van der Waals surface area (Å²) in [6, 6.07) is 14.7. The van der Waals surface area contributed by atoms with E-state index in [-0.39, 0.29) is 11.8 Å². The molecule has 0 aliphatic carbocycles. The van der Waals surface area contributed by atoms with E-state index in [1.54, 1.807) is 30.7 Å². The normalized spacial score (nSPS) is 11.6. The first-order valence-electron chi connectivity index (χ1n) is 10.5. The molecule has 2 aromatic carbocycles. The fraction of sp³-hybridized carbons (Fsp3) is 0.417. The minimum atomic E-state index is -0.537. The van der Waals surface area contributed by atoms with Crippen molar-refractivity contribution in [3.8, 4) is 5.75 Å². The molecule has 0 aliphatic heterocycles. The number of hydrogen-bond donors (Lipinski definition) is 1. The van der Waals surface area contributed by atoms with E-state index in [1.165, 1.54) is 0 Å². The molecule has 2 amide bonds. The Morgan fingerprint density at radius 1 is 1.13 bits per heavy atom. The van der Waals surface area contributed by atoms with Crippen LogP contribution in [0, 0.1) is 0 Å². The van der Waals surface area contributed by atoms with Crippen molar-refractivity contribution in [3.05, 3.63) is 59.1 Å². The van der Waals surface area contributed by atoms with Crippen LogP contribution >= 0.6 is 23.4 Å². The van der Waals surface area contributed by atoms with Gasteiger partial charge in [-0.1, -0.05) is 30.7 Å². The van der Waals surface area contributed by atoms with E-state index in [0.29, 0.717) is 24.5 Å². The van der Waals surface area contributed by atoms with Crippen LogP contribution in [0.5, 0.6) is 5.75 Å². The summed E-state index contributed by atoms with van der Waals surface area (Å²) in [5.74, 6) is 1.43. The third-order valence-electron chi connectivity index (χ3n) is 4.85. The average molecular weight is 463 g/mol. The van der Waals surface area contributed by atoms with Gasteiger partial charge in [0.15, 0.2) is 0 Å². The molecule has 0 heterocycles. The Balaban J connectivity index is 1.98. The molecule has 5 nitrogen and oxygen atoms in total. The van der Waals surface area contributed by atoms with Crippen molar-refractivity contribution in [1.82, 2.24) is 10.2 Å². The number of amides is 2. The van der Waals surface area contributed by atoms with Crippen molar-refractivity contribution < 1.29 is 14.3 Å². The maximum Gasteiger partial charge on any atom is 0.242 e. The highest BCUT2D eigenvalue weighted by Gasteiger charge is 2.25. The summed E-state index contributed by atoms with van der Waals surface area (Å²) in [5.41, 5.74) is 0.958. The smallest absolute Gasteiger partial charge is 0.242 e. The summed E-state index contributed by atoms with van der Waals surface area (Å²) in [6.07, 6.45) is 1.98. The second kappa shape index (κ2) is 13.3. The van der Waals surface area contributed by atoms with Crippen LogP contribution in [0.15, 0.2) is 53.4 Å². The standard InChI is InChI=1S/C24H31ClN2O3S/c1-4-15-26-24(29)18(2)27(17-19-7-11-21(30-3)12-8-19)23(28)6-5-16-31-22-13-9-20(25)10-14-22/h7-14,18H,4-6,15-17H2,1-3H3,(H,26,29)/t18-/m0/s1. The fourth-order valence-corrected chi connectivity index (χ4v) is 3.97. The Kier molecular flexibility index (Phi) is 10.7. The third-order valence-corrected chi connectivity index (χ3v) is 6.20. The highest BCUT2D eigenvalue weighted by molar-refractivity contribution is 7.99. The molecule has 0 aromatic heterocycles. The van der Waals surface area contributed by atoms with E-state index in [0.717, 1.165) is 34.8 Å². The summed E-state index contributed by atoms with van der Waals surface area (Å²) in [4.78, 5) is 28.4. The zero-order chi connectivity index (χ0) is 22.6. The number of ether oxygens (including phenoxy) is 1. The van der Waals surface area contributed by atoms with E-state index < -0.39 is 6.04 Å². The lowest BCUT2D eigenvalue weighted by molar-refractivity contribution is -0.140. The molecule has 0 saturated heterocycles. The number of hydrogen-bond acceptors (Lipinski definition) is 4. The lowest BCUT2D eigenvalue weighted by Gasteiger charge is -2.29. The van der Waals surface area contributed by atoms with Crippen molar-refractivity contribution in [2.24, 2.45) is 0 Å². The number of benzene rings is 2. The summed E-state index contributed by atoms with van der Waals surface area (Å²) in [6.45, 7) is 4.78. The zero-order valence-electron chi connectivity index (χ0n) is 18.4. The Morgan fingerprint density at radius 2 is 1.81 bits per heavy atom. The Morgan fingerprint density at radius 3 is 2.42 bits per heavy atom. The van der Waals surface area contributed by atoms with Gasteiger partial charge in [0.1, 0.15) is 11.8 Å². The summed E-state index contributed by atoms with van der Waals surface area (Å²) in [5, 5.41) is 3.61. The summed E-state index contributed by atoms with van der Waals surface area (Å²) in [7, 11) is 1.62. The molecule has 0 fully saturated rings. The molecule has 0 saturated carbocycles. The van der Waals surface area contributed by atoms with Gasteiger partial charge in [-0.2, -0.15) is 0 Å². The largest absolute Gasteiger partial charge is 0.497 e. The van der Waals surface area contributed by atoms with Gasteiger partial charge in [-0.25, -0.2) is 0 Å². The van der Waals surface area contributed by atoms with Gasteiger partial charge in [0.05, 0.1) is 7.11 Å². The zero-order valence-corrected chi connectivity index (χ0v) is 20.0. The van der Waals surface area contributed by atoms with Crippen LogP contribution in [-0.2, 0) is 16.1 Å². The van der Waals surface area contributed by atoms with Crippen molar-refractivity contribution in [2.75, 3.05) is 19.4 Å². The quantitative estimate of drug-likeness (QED) is 0.349. The van der Waals surface area contributed by atoms with E-state index >= 15 is 0 Å². The molecule has 1 atom stereocenters. The second-order valence-corrected chi connectivity index (χ2v) is 8.85. The minimum Gasteiger partial charge on any atom is -0.497 e. The summed E-state index contributed by atoms with van der Waals surface area (Å²) >= 11 is 7.61. The van der Waals surface area contributed by atoms with Crippen LogP contribution in [0.1, 0.15) is 38.7 Å². The molecule has 2 rings (SSSR count). The number of nitrogens with zero attached hydrogens (tertiary/aromatic N) is 1. The van der Waals surface area contributed by atoms with Crippen LogP contribution in [0.4, 0.5) is 0 Å². The molecular weight excluding hydrogens is 432 g/mol. The molecule has 31 heavy (non-hydrogen) atoms. The molecule has 7 heteroatoms. The maximum atomic E-state index is 13.0. The van der Waals surface area contributed by atoms with Crippen LogP contribution < -0.4 is 10.1 Å². The van der Waals surface area contributed by atoms with Gasteiger partial charge < -0.3 is 15.0 Å². The number of thioether (sulfide) groups is 1. The molecule has 0 aliphatic rings. The van der Waals surface area contributed by atoms with Gasteiger partial charge in [-0.05, 0) is 67.5 Å². The topological polar surface area (TPSA) is 58.6 Å². The Labute approximate surface area is 194 Å². The SMILES string of the molecule is CCCNC(=O)[C@H](C)N(Cc1ccc(OC)cc1)C(=O)CCCSc1ccc(Cl)cc1. The van der Waals surface area contributed by atoms with Gasteiger partial charge in [-0.15, -0.1) is 11.8 Å². The molecular formula is C24H31ClN2O3S. The predicted molar refractivity (Wildman–Crippen MR) is 128 cm³/mol.